The number of urea groups is 1. The van der Waals surface area contributed by atoms with Crippen LogP contribution in [0.2, 0.25) is 0 Å². The van der Waals surface area contributed by atoms with Crippen molar-refractivity contribution in [1.82, 2.24) is 5.32 Å². The lowest BCUT2D eigenvalue weighted by Crippen LogP contribution is -2.40. The minimum absolute atomic E-state index is 0.0106. The number of halogens is 3. The number of nitrogens with one attached hydrogen (secondary N) is 2. The highest BCUT2D eigenvalue weighted by Gasteiger charge is 2.42. The number of hydrogen-bond donors (Lipinski definition) is 3. The van der Waals surface area contributed by atoms with Gasteiger partial charge in [-0.1, -0.05) is 58.0 Å². The van der Waals surface area contributed by atoms with Gasteiger partial charge in [0.1, 0.15) is 5.75 Å². The molecule has 2 amide bonds. The minimum Gasteiger partial charge on any atom is -0.494 e. The smallest absolute Gasteiger partial charge is 0.395 e. The number of rotatable bonds is 5. The average molecular weight is 465 g/mol. The van der Waals surface area contributed by atoms with Crippen molar-refractivity contribution >= 4 is 11.7 Å². The Morgan fingerprint density at radius 1 is 1.21 bits per heavy atom. The Kier molecular flexibility index (Phi) is 6.98. The molecule has 3 N–H and O–H groups in total. The molecule has 2 aromatic carbocycles. The van der Waals surface area contributed by atoms with Crippen LogP contribution in [0, 0.1) is 0 Å². The summed E-state index contributed by atoms with van der Waals surface area (Å²) in [4.78, 5) is 12.8. The predicted octanol–water partition coefficient (Wildman–Crippen LogP) is 5.83. The summed E-state index contributed by atoms with van der Waals surface area (Å²) < 4.78 is 46.8. The number of carbonyl (C=O) groups excluding carboxylic acids is 1. The van der Waals surface area contributed by atoms with Gasteiger partial charge in [-0.15, -0.1) is 0 Å². The molecule has 3 atom stereocenters. The van der Waals surface area contributed by atoms with Gasteiger partial charge in [0, 0.05) is 5.56 Å². The van der Waals surface area contributed by atoms with Crippen molar-refractivity contribution in [3.63, 3.8) is 0 Å². The number of anilines is 1. The number of hydrogen-bond acceptors (Lipinski definition) is 3. The van der Waals surface area contributed by atoms with Crippen LogP contribution in [0.15, 0.2) is 36.4 Å². The Hall–Kier alpha value is -2.74. The average Bonchev–Trinajstić information content (AvgIpc) is 3.02. The van der Waals surface area contributed by atoms with Gasteiger partial charge in [-0.25, -0.2) is 4.79 Å². The number of fused-ring (bicyclic) bond motifs is 1. The van der Waals surface area contributed by atoms with Crippen molar-refractivity contribution in [3.8, 4) is 5.75 Å². The van der Waals surface area contributed by atoms with Crippen LogP contribution in [0.4, 0.5) is 23.7 Å². The Morgan fingerprint density at radius 3 is 2.42 bits per heavy atom. The Balaban J connectivity index is 1.93. The van der Waals surface area contributed by atoms with Gasteiger partial charge in [0.25, 0.3) is 0 Å². The van der Waals surface area contributed by atoms with Crippen LogP contribution in [0.3, 0.4) is 0 Å². The highest BCUT2D eigenvalue weighted by molar-refractivity contribution is 5.92. The third-order valence-corrected chi connectivity index (χ3v) is 6.13. The lowest BCUT2D eigenvalue weighted by Gasteiger charge is -2.28. The molecule has 0 fully saturated rings. The second-order valence-corrected chi connectivity index (χ2v) is 9.45. The molecule has 0 aromatic heterocycles. The van der Waals surface area contributed by atoms with E-state index < -0.39 is 35.7 Å². The van der Waals surface area contributed by atoms with E-state index in [4.69, 9.17) is 4.74 Å². The summed E-state index contributed by atoms with van der Waals surface area (Å²) in [5.74, 6) is -1.75. The van der Waals surface area contributed by atoms with E-state index in [1.54, 1.807) is 6.07 Å². The third kappa shape index (κ3) is 5.27. The van der Waals surface area contributed by atoms with Gasteiger partial charge in [0.05, 0.1) is 30.9 Å². The monoisotopic (exact) mass is 464 g/mol. The summed E-state index contributed by atoms with van der Waals surface area (Å²) in [5.41, 5.74) is 2.04. The number of ether oxygens (including phenoxy) is 1. The maximum Gasteiger partial charge on any atom is 0.395 e. The van der Waals surface area contributed by atoms with Gasteiger partial charge < -0.3 is 20.5 Å². The summed E-state index contributed by atoms with van der Waals surface area (Å²) in [5, 5.41) is 16.0. The van der Waals surface area contributed by atoms with E-state index in [2.05, 4.69) is 10.6 Å². The van der Waals surface area contributed by atoms with E-state index >= 15 is 0 Å². The number of aliphatic hydroxyl groups excluding tert-OH is 1. The molecule has 1 aliphatic rings. The second-order valence-electron chi connectivity index (χ2n) is 9.45. The molecule has 1 aliphatic carbocycles. The molecule has 0 saturated carbocycles. The fourth-order valence-electron chi connectivity index (χ4n) is 4.32. The Bertz CT molecular complexity index is 1010. The zero-order valence-electron chi connectivity index (χ0n) is 19.5. The molecular weight excluding hydrogens is 433 g/mol. The van der Waals surface area contributed by atoms with E-state index in [1.165, 1.54) is 20.1 Å². The molecule has 3 rings (SSSR count). The van der Waals surface area contributed by atoms with E-state index in [0.717, 1.165) is 11.1 Å². The lowest BCUT2D eigenvalue weighted by molar-refractivity contribution is -0.151. The normalized spacial score (nSPS) is 19.1. The molecule has 0 bridgehead atoms. The topological polar surface area (TPSA) is 70.6 Å². The zero-order valence-corrected chi connectivity index (χ0v) is 19.5. The summed E-state index contributed by atoms with van der Waals surface area (Å²) in [6.45, 7) is 7.15. The third-order valence-electron chi connectivity index (χ3n) is 6.13. The van der Waals surface area contributed by atoms with Gasteiger partial charge in [0.2, 0.25) is 0 Å². The lowest BCUT2D eigenvalue weighted by atomic mass is 9.83. The first-order valence-electron chi connectivity index (χ1n) is 11.0. The van der Waals surface area contributed by atoms with E-state index in [-0.39, 0.29) is 23.4 Å². The number of alkyl halides is 3. The number of benzene rings is 2. The van der Waals surface area contributed by atoms with Crippen molar-refractivity contribution in [2.75, 3.05) is 12.4 Å². The second kappa shape index (κ2) is 9.25. The van der Waals surface area contributed by atoms with Crippen molar-refractivity contribution in [1.29, 1.82) is 0 Å². The SMILES string of the molecule is CC[C@@H](c1cc(C(C)(C)C)cc(NC(=O)N[C@@H]2Cc3ccccc3[C@@H]2O)c1OC)C(F)(F)F. The Labute approximate surface area is 192 Å². The molecule has 0 heterocycles. The van der Waals surface area contributed by atoms with Gasteiger partial charge >= 0.3 is 12.2 Å². The van der Waals surface area contributed by atoms with Gasteiger partial charge in [-0.3, -0.25) is 0 Å². The number of methoxy groups -OCH3 is 1. The highest BCUT2D eigenvalue weighted by atomic mass is 19.4. The maximum atomic E-state index is 13.8. The molecule has 33 heavy (non-hydrogen) atoms. The zero-order chi connectivity index (χ0) is 24.6. The molecule has 0 aliphatic heterocycles. The molecule has 0 radical (unpaired) electrons. The number of aliphatic hydroxyl groups is 1. The Morgan fingerprint density at radius 2 is 1.88 bits per heavy atom. The summed E-state index contributed by atoms with van der Waals surface area (Å²) >= 11 is 0. The van der Waals surface area contributed by atoms with Crippen molar-refractivity contribution < 1.29 is 27.8 Å². The van der Waals surface area contributed by atoms with Crippen LogP contribution >= 0.6 is 0 Å². The molecule has 8 heteroatoms. The van der Waals surface area contributed by atoms with E-state index in [9.17, 15) is 23.1 Å². The standard InChI is InChI=1S/C25H31F3N2O3/c1-6-18(25(26,27)28)17-12-15(24(2,3)4)13-20(22(17)33-5)30-23(32)29-19-11-14-9-7-8-10-16(14)21(19)31/h7-10,12-13,18-19,21,31H,6,11H2,1-5H3,(H2,29,30,32)/t18-,19+,21-/m0/s1. The van der Waals surface area contributed by atoms with Crippen LogP contribution in [-0.4, -0.2) is 30.5 Å². The van der Waals surface area contributed by atoms with Crippen molar-refractivity contribution in [2.45, 2.75) is 70.2 Å². The first-order chi connectivity index (χ1) is 15.4. The van der Waals surface area contributed by atoms with Gasteiger partial charge in [-0.2, -0.15) is 13.2 Å². The molecule has 5 nitrogen and oxygen atoms in total. The fraction of sp³-hybridized carbons (Fsp3) is 0.480. The van der Waals surface area contributed by atoms with Crippen LogP contribution in [0.25, 0.3) is 0 Å². The quantitative estimate of drug-likeness (QED) is 0.522. The van der Waals surface area contributed by atoms with Crippen LogP contribution < -0.4 is 15.4 Å². The van der Waals surface area contributed by atoms with E-state index in [0.29, 0.717) is 12.0 Å². The van der Waals surface area contributed by atoms with Crippen molar-refractivity contribution in [2.24, 2.45) is 0 Å². The van der Waals surface area contributed by atoms with Gasteiger partial charge in [0.15, 0.2) is 0 Å². The molecule has 0 saturated heterocycles. The minimum atomic E-state index is -4.46. The highest BCUT2D eigenvalue weighted by Crippen LogP contribution is 2.46. The van der Waals surface area contributed by atoms with Gasteiger partial charge in [-0.05, 0) is 41.0 Å². The fourth-order valence-corrected chi connectivity index (χ4v) is 4.32. The summed E-state index contributed by atoms with van der Waals surface area (Å²) in [6, 6.07) is 9.38. The maximum absolute atomic E-state index is 13.8. The largest absolute Gasteiger partial charge is 0.494 e. The number of carbonyl (C=O) groups is 1. The predicted molar refractivity (Wildman–Crippen MR) is 122 cm³/mol. The first-order valence-corrected chi connectivity index (χ1v) is 11.0. The molecule has 0 unspecified atom stereocenters. The molecular formula is C25H31F3N2O3. The number of amides is 2. The summed E-state index contributed by atoms with van der Waals surface area (Å²) in [6.07, 6.45) is -5.02. The molecule has 2 aromatic rings. The molecule has 180 valence electrons. The first kappa shape index (κ1) is 24.9. The van der Waals surface area contributed by atoms with Crippen molar-refractivity contribution in [3.05, 3.63) is 58.7 Å². The van der Waals surface area contributed by atoms with Crippen LogP contribution in [-0.2, 0) is 11.8 Å². The van der Waals surface area contributed by atoms with E-state index in [1.807, 2.05) is 45.0 Å². The van der Waals surface area contributed by atoms with Crippen LogP contribution in [0.5, 0.6) is 5.75 Å². The summed E-state index contributed by atoms with van der Waals surface area (Å²) in [7, 11) is 1.29. The van der Waals surface area contributed by atoms with Crippen LogP contribution in [0.1, 0.15) is 68.4 Å². The molecule has 0 spiro atoms.